The van der Waals surface area contributed by atoms with E-state index >= 15 is 0 Å². The van der Waals surface area contributed by atoms with Gasteiger partial charge in [0.05, 0.1) is 0 Å². The Morgan fingerprint density at radius 1 is 1.08 bits per heavy atom. The van der Waals surface area contributed by atoms with E-state index in [1.165, 1.54) is 5.69 Å². The van der Waals surface area contributed by atoms with Crippen molar-refractivity contribution in [1.82, 2.24) is 5.32 Å². The predicted octanol–water partition coefficient (Wildman–Crippen LogP) is 3.21. The summed E-state index contributed by atoms with van der Waals surface area (Å²) >= 11 is 0. The highest BCUT2D eigenvalue weighted by atomic mass is 35.5. The molecule has 0 aliphatic heterocycles. The Bertz CT molecular complexity index is 602. The van der Waals surface area contributed by atoms with Crippen LogP contribution in [-0.4, -0.2) is 25.5 Å². The van der Waals surface area contributed by atoms with Crippen LogP contribution in [0.4, 0.5) is 5.69 Å². The number of anilines is 1. The van der Waals surface area contributed by atoms with Gasteiger partial charge in [0.2, 0.25) is 0 Å². The third kappa shape index (κ3) is 5.87. The number of hydrogen-bond donors (Lipinski definition) is 2. The van der Waals surface area contributed by atoms with E-state index in [-0.39, 0.29) is 18.3 Å². The van der Waals surface area contributed by atoms with Crippen LogP contribution >= 0.6 is 12.4 Å². The van der Waals surface area contributed by atoms with Crippen molar-refractivity contribution in [3.8, 4) is 0 Å². The van der Waals surface area contributed by atoms with E-state index in [1.807, 2.05) is 42.5 Å². The lowest BCUT2D eigenvalue weighted by molar-refractivity contribution is 0.0953. The summed E-state index contributed by atoms with van der Waals surface area (Å²) in [5.41, 5.74) is 8.49. The van der Waals surface area contributed by atoms with Gasteiger partial charge in [0, 0.05) is 37.4 Å². The van der Waals surface area contributed by atoms with E-state index in [1.54, 1.807) is 0 Å². The molecule has 0 aromatic heterocycles. The van der Waals surface area contributed by atoms with Crippen LogP contribution in [0.15, 0.2) is 54.6 Å². The minimum Gasteiger partial charge on any atom is -0.372 e. The molecule has 3 N–H and O–H groups in total. The molecule has 0 saturated heterocycles. The van der Waals surface area contributed by atoms with E-state index in [0.717, 1.165) is 25.1 Å². The number of benzene rings is 2. The zero-order chi connectivity index (χ0) is 16.5. The van der Waals surface area contributed by atoms with Crippen molar-refractivity contribution < 1.29 is 4.79 Å². The number of nitrogens with two attached hydrogens (primary N) is 1. The van der Waals surface area contributed by atoms with Crippen molar-refractivity contribution in [2.24, 2.45) is 5.73 Å². The van der Waals surface area contributed by atoms with Gasteiger partial charge in [-0.2, -0.15) is 0 Å². The summed E-state index contributed by atoms with van der Waals surface area (Å²) in [7, 11) is 0. The monoisotopic (exact) mass is 347 g/mol. The fourth-order valence-corrected chi connectivity index (χ4v) is 2.47. The van der Waals surface area contributed by atoms with Crippen molar-refractivity contribution in [3.05, 3.63) is 65.7 Å². The van der Waals surface area contributed by atoms with Gasteiger partial charge in [-0.05, 0) is 43.2 Å². The fourth-order valence-electron chi connectivity index (χ4n) is 2.47. The van der Waals surface area contributed by atoms with Crippen LogP contribution in [0.5, 0.6) is 0 Å². The third-order valence-corrected chi connectivity index (χ3v) is 3.85. The number of nitrogens with one attached hydrogen (secondary N) is 1. The van der Waals surface area contributed by atoms with Gasteiger partial charge >= 0.3 is 0 Å². The molecule has 0 heterocycles. The SMILES string of the molecule is CCN(CCCNC(=O)c1ccc(CN)cc1)c1ccccc1.Cl. The molecule has 0 spiro atoms. The molecular formula is C19H26ClN3O. The predicted molar refractivity (Wildman–Crippen MR) is 103 cm³/mol. The molecule has 0 saturated carbocycles. The van der Waals surface area contributed by atoms with Crippen molar-refractivity contribution in [1.29, 1.82) is 0 Å². The average Bonchev–Trinajstić information content (AvgIpc) is 2.62. The van der Waals surface area contributed by atoms with E-state index in [9.17, 15) is 4.79 Å². The second kappa shape index (κ2) is 10.7. The summed E-state index contributed by atoms with van der Waals surface area (Å²) in [6, 6.07) is 17.8. The summed E-state index contributed by atoms with van der Waals surface area (Å²) in [6.07, 6.45) is 0.912. The first-order chi connectivity index (χ1) is 11.2. The minimum absolute atomic E-state index is 0. The van der Waals surface area contributed by atoms with Crippen LogP contribution in [0.2, 0.25) is 0 Å². The van der Waals surface area contributed by atoms with Crippen LogP contribution in [0, 0.1) is 0 Å². The highest BCUT2D eigenvalue weighted by molar-refractivity contribution is 5.94. The minimum atomic E-state index is -0.0312. The molecule has 0 bridgehead atoms. The molecular weight excluding hydrogens is 322 g/mol. The summed E-state index contributed by atoms with van der Waals surface area (Å²) in [5.74, 6) is -0.0312. The molecule has 1 amide bonds. The average molecular weight is 348 g/mol. The third-order valence-electron chi connectivity index (χ3n) is 3.85. The number of halogens is 1. The molecule has 2 aromatic rings. The van der Waals surface area contributed by atoms with Crippen LogP contribution in [-0.2, 0) is 6.54 Å². The summed E-state index contributed by atoms with van der Waals surface area (Å²) in [4.78, 5) is 14.4. The van der Waals surface area contributed by atoms with Crippen LogP contribution in [0.1, 0.15) is 29.3 Å². The molecule has 130 valence electrons. The van der Waals surface area contributed by atoms with Crippen molar-refractivity contribution in [2.45, 2.75) is 19.9 Å². The van der Waals surface area contributed by atoms with Crippen molar-refractivity contribution in [3.63, 3.8) is 0 Å². The molecule has 2 aromatic carbocycles. The topological polar surface area (TPSA) is 58.4 Å². The maximum absolute atomic E-state index is 12.1. The van der Waals surface area contributed by atoms with E-state index in [0.29, 0.717) is 18.7 Å². The molecule has 0 aliphatic carbocycles. The largest absolute Gasteiger partial charge is 0.372 e. The molecule has 4 nitrogen and oxygen atoms in total. The van der Waals surface area contributed by atoms with Gasteiger partial charge in [-0.25, -0.2) is 0 Å². The first-order valence-corrected chi connectivity index (χ1v) is 8.11. The number of amides is 1. The van der Waals surface area contributed by atoms with Crippen LogP contribution in [0.3, 0.4) is 0 Å². The Morgan fingerprint density at radius 2 is 1.75 bits per heavy atom. The lowest BCUT2D eigenvalue weighted by Crippen LogP contribution is -2.29. The normalized spacial score (nSPS) is 9.92. The Balaban J connectivity index is 0.00000288. The highest BCUT2D eigenvalue weighted by Gasteiger charge is 2.06. The van der Waals surface area contributed by atoms with Crippen LogP contribution < -0.4 is 16.0 Å². The molecule has 24 heavy (non-hydrogen) atoms. The number of nitrogens with zero attached hydrogens (tertiary/aromatic N) is 1. The van der Waals surface area contributed by atoms with E-state index < -0.39 is 0 Å². The smallest absolute Gasteiger partial charge is 0.251 e. The standard InChI is InChI=1S/C19H25N3O.ClH/c1-2-22(18-7-4-3-5-8-18)14-6-13-21-19(23)17-11-9-16(15-20)10-12-17;/h3-5,7-12H,2,6,13-15,20H2,1H3,(H,21,23);1H. The number of hydrogen-bond acceptors (Lipinski definition) is 3. The highest BCUT2D eigenvalue weighted by Crippen LogP contribution is 2.12. The first-order valence-electron chi connectivity index (χ1n) is 8.11. The Morgan fingerprint density at radius 3 is 2.33 bits per heavy atom. The summed E-state index contributed by atoms with van der Waals surface area (Å²) in [6.45, 7) is 5.19. The van der Waals surface area contributed by atoms with Crippen molar-refractivity contribution in [2.75, 3.05) is 24.5 Å². The number of para-hydroxylation sites is 1. The lowest BCUT2D eigenvalue weighted by atomic mass is 10.1. The second-order valence-electron chi connectivity index (χ2n) is 5.43. The quantitative estimate of drug-likeness (QED) is 0.721. The van der Waals surface area contributed by atoms with Gasteiger partial charge in [0.15, 0.2) is 0 Å². The maximum atomic E-state index is 12.1. The molecule has 0 fully saturated rings. The first kappa shape index (κ1) is 20.0. The summed E-state index contributed by atoms with van der Waals surface area (Å²) in [5, 5.41) is 2.97. The molecule has 2 rings (SSSR count). The zero-order valence-corrected chi connectivity index (χ0v) is 14.9. The Kier molecular flexibility index (Phi) is 8.90. The molecule has 5 heteroatoms. The van der Waals surface area contributed by atoms with Gasteiger partial charge in [0.25, 0.3) is 5.91 Å². The van der Waals surface area contributed by atoms with Gasteiger partial charge in [-0.3, -0.25) is 4.79 Å². The zero-order valence-electron chi connectivity index (χ0n) is 14.1. The maximum Gasteiger partial charge on any atom is 0.251 e. The molecule has 0 unspecified atom stereocenters. The Hall–Kier alpha value is -2.04. The van der Waals surface area contributed by atoms with E-state index in [2.05, 4.69) is 29.3 Å². The van der Waals surface area contributed by atoms with Gasteiger partial charge in [0.1, 0.15) is 0 Å². The van der Waals surface area contributed by atoms with E-state index in [4.69, 9.17) is 5.73 Å². The lowest BCUT2D eigenvalue weighted by Gasteiger charge is -2.23. The fraction of sp³-hybridized carbons (Fsp3) is 0.316. The van der Waals surface area contributed by atoms with Gasteiger partial charge < -0.3 is 16.0 Å². The number of carbonyl (C=O) groups is 1. The molecule has 0 radical (unpaired) electrons. The molecule has 0 atom stereocenters. The molecule has 0 aliphatic rings. The number of rotatable bonds is 8. The summed E-state index contributed by atoms with van der Waals surface area (Å²) < 4.78 is 0. The number of carbonyl (C=O) groups excluding carboxylic acids is 1. The van der Waals surface area contributed by atoms with Crippen molar-refractivity contribution >= 4 is 24.0 Å². The van der Waals surface area contributed by atoms with Crippen LogP contribution in [0.25, 0.3) is 0 Å². The second-order valence-corrected chi connectivity index (χ2v) is 5.43. The Labute approximate surface area is 150 Å². The van der Waals surface area contributed by atoms with Gasteiger partial charge in [-0.1, -0.05) is 30.3 Å². The van der Waals surface area contributed by atoms with Gasteiger partial charge in [-0.15, -0.1) is 12.4 Å².